The van der Waals surface area contributed by atoms with Crippen LogP contribution >= 0.6 is 0 Å². The first-order chi connectivity index (χ1) is 7.82. The fourth-order valence-electron chi connectivity index (χ4n) is 1.57. The maximum absolute atomic E-state index is 11.6. The predicted molar refractivity (Wildman–Crippen MR) is 61.8 cm³/mol. The summed E-state index contributed by atoms with van der Waals surface area (Å²) in [5, 5.41) is 2.54. The van der Waals surface area contributed by atoms with Crippen LogP contribution in [-0.4, -0.2) is 41.8 Å². The molecule has 6 nitrogen and oxygen atoms in total. The Kier molecular flexibility index (Phi) is 4.22. The van der Waals surface area contributed by atoms with Crippen molar-refractivity contribution in [3.8, 4) is 0 Å². The number of likely N-dealkylation sites (tertiary alicyclic amines) is 1. The second-order valence-corrected chi connectivity index (χ2v) is 4.73. The minimum absolute atomic E-state index is 0.0397. The zero-order valence-electron chi connectivity index (χ0n) is 10.4. The van der Waals surface area contributed by atoms with Gasteiger partial charge in [0, 0.05) is 19.5 Å². The number of likely N-dealkylation sites (N-methyl/N-ethyl adjacent to an activating group) is 1. The van der Waals surface area contributed by atoms with Gasteiger partial charge in [0.05, 0.1) is 6.42 Å². The van der Waals surface area contributed by atoms with Crippen molar-refractivity contribution in [1.82, 2.24) is 10.2 Å². The molecule has 6 heteroatoms. The van der Waals surface area contributed by atoms with E-state index < -0.39 is 6.04 Å². The Labute approximate surface area is 101 Å². The molecule has 3 amide bonds. The molecule has 1 heterocycles. The molecular weight excluding hydrogens is 222 g/mol. The Morgan fingerprint density at radius 1 is 1.53 bits per heavy atom. The highest BCUT2D eigenvalue weighted by molar-refractivity contribution is 6.06. The van der Waals surface area contributed by atoms with Crippen LogP contribution in [-0.2, 0) is 14.4 Å². The maximum atomic E-state index is 11.6. The molecule has 0 bridgehead atoms. The molecule has 0 spiro atoms. The molecule has 1 aliphatic heterocycles. The summed E-state index contributed by atoms with van der Waals surface area (Å²) in [6.07, 6.45) is 0.206. The molecule has 0 aliphatic carbocycles. The van der Waals surface area contributed by atoms with Crippen LogP contribution < -0.4 is 11.1 Å². The van der Waals surface area contributed by atoms with Crippen LogP contribution in [0.2, 0.25) is 0 Å². The largest absolute Gasteiger partial charge is 0.344 e. The zero-order valence-corrected chi connectivity index (χ0v) is 10.4. The topological polar surface area (TPSA) is 92.5 Å². The van der Waals surface area contributed by atoms with Gasteiger partial charge in [-0.3, -0.25) is 19.3 Å². The van der Waals surface area contributed by atoms with Gasteiger partial charge in [-0.2, -0.15) is 0 Å². The second kappa shape index (κ2) is 5.27. The van der Waals surface area contributed by atoms with Crippen LogP contribution in [0.3, 0.4) is 0 Å². The second-order valence-electron chi connectivity index (χ2n) is 4.73. The van der Waals surface area contributed by atoms with Crippen molar-refractivity contribution < 1.29 is 14.4 Å². The van der Waals surface area contributed by atoms with Crippen molar-refractivity contribution in [1.29, 1.82) is 0 Å². The van der Waals surface area contributed by atoms with Crippen molar-refractivity contribution >= 4 is 17.7 Å². The number of nitrogens with one attached hydrogen (secondary N) is 1. The normalized spacial score (nSPS) is 22.2. The first-order valence-corrected chi connectivity index (χ1v) is 5.68. The van der Waals surface area contributed by atoms with E-state index in [9.17, 15) is 14.4 Å². The lowest BCUT2D eigenvalue weighted by molar-refractivity contribution is -0.138. The zero-order chi connectivity index (χ0) is 13.2. The summed E-state index contributed by atoms with van der Waals surface area (Å²) in [5.74, 6) is -0.716. The van der Waals surface area contributed by atoms with Crippen LogP contribution in [0.1, 0.15) is 26.7 Å². The number of hydrogen-bond donors (Lipinski definition) is 2. The van der Waals surface area contributed by atoms with E-state index in [0.29, 0.717) is 0 Å². The molecule has 3 N–H and O–H groups in total. The van der Waals surface area contributed by atoms with Crippen molar-refractivity contribution in [2.45, 2.75) is 38.8 Å². The molecule has 96 valence electrons. The lowest BCUT2D eigenvalue weighted by Crippen LogP contribution is -2.43. The highest BCUT2D eigenvalue weighted by atomic mass is 16.2. The van der Waals surface area contributed by atoms with Crippen LogP contribution in [0.25, 0.3) is 0 Å². The van der Waals surface area contributed by atoms with Gasteiger partial charge in [0.25, 0.3) is 5.91 Å². The smallest absolute Gasteiger partial charge is 0.252 e. The van der Waals surface area contributed by atoms with Gasteiger partial charge in [-0.1, -0.05) is 13.8 Å². The number of nitrogens with two attached hydrogens (primary N) is 1. The number of hydrogen-bond acceptors (Lipinski definition) is 4. The van der Waals surface area contributed by atoms with Crippen LogP contribution in [0, 0.1) is 5.92 Å². The fourth-order valence-corrected chi connectivity index (χ4v) is 1.57. The third-order valence-electron chi connectivity index (χ3n) is 2.99. The molecule has 1 rings (SSSR count). The lowest BCUT2D eigenvalue weighted by atomic mass is 10.0. The van der Waals surface area contributed by atoms with Gasteiger partial charge < -0.3 is 11.1 Å². The van der Waals surface area contributed by atoms with Gasteiger partial charge in [-0.15, -0.1) is 0 Å². The maximum Gasteiger partial charge on any atom is 0.252 e. The molecule has 0 aromatic carbocycles. The molecule has 0 radical (unpaired) electrons. The van der Waals surface area contributed by atoms with Crippen molar-refractivity contribution in [2.24, 2.45) is 11.7 Å². The molecule has 0 aromatic heterocycles. The number of carbonyl (C=O) groups is 3. The highest BCUT2D eigenvalue weighted by Gasteiger charge is 2.36. The van der Waals surface area contributed by atoms with Gasteiger partial charge in [0.1, 0.15) is 6.04 Å². The Morgan fingerprint density at radius 2 is 2.12 bits per heavy atom. The molecule has 2 atom stereocenters. The van der Waals surface area contributed by atoms with E-state index in [1.165, 1.54) is 7.05 Å². The quantitative estimate of drug-likeness (QED) is 0.632. The van der Waals surface area contributed by atoms with Gasteiger partial charge in [0.15, 0.2) is 0 Å². The van der Waals surface area contributed by atoms with E-state index in [2.05, 4.69) is 5.32 Å². The lowest BCUT2D eigenvalue weighted by Gasteiger charge is -2.16. The standard InChI is InChI=1S/C11H19N3O3/c1-6(2)7(12)4-9(15)13-8-5-10(16)14(3)11(8)17/h6-8H,4-5,12H2,1-3H3,(H,13,15). The first-order valence-electron chi connectivity index (χ1n) is 5.68. The van der Waals surface area contributed by atoms with E-state index in [1.807, 2.05) is 13.8 Å². The fraction of sp³-hybridized carbons (Fsp3) is 0.727. The minimum atomic E-state index is -0.723. The van der Waals surface area contributed by atoms with E-state index in [4.69, 9.17) is 5.73 Å². The van der Waals surface area contributed by atoms with Gasteiger partial charge in [-0.05, 0) is 5.92 Å². The van der Waals surface area contributed by atoms with Gasteiger partial charge >= 0.3 is 0 Å². The van der Waals surface area contributed by atoms with Crippen molar-refractivity contribution in [3.63, 3.8) is 0 Å². The van der Waals surface area contributed by atoms with Gasteiger partial charge in [0.2, 0.25) is 11.8 Å². The molecule has 1 aliphatic rings. The predicted octanol–water partition coefficient (Wildman–Crippen LogP) is -0.767. The van der Waals surface area contributed by atoms with Gasteiger partial charge in [-0.25, -0.2) is 0 Å². The summed E-state index contributed by atoms with van der Waals surface area (Å²) in [4.78, 5) is 35.4. The summed E-state index contributed by atoms with van der Waals surface area (Å²) in [6, 6.07) is -0.959. The first kappa shape index (κ1) is 13.6. The summed E-state index contributed by atoms with van der Waals surface area (Å²) >= 11 is 0. The van der Waals surface area contributed by atoms with E-state index in [0.717, 1.165) is 4.90 Å². The number of nitrogens with zero attached hydrogens (tertiary/aromatic N) is 1. The van der Waals surface area contributed by atoms with Crippen molar-refractivity contribution in [2.75, 3.05) is 7.05 Å². The van der Waals surface area contributed by atoms with Crippen LogP contribution in [0.15, 0.2) is 0 Å². The van der Waals surface area contributed by atoms with E-state index in [1.54, 1.807) is 0 Å². The molecule has 1 fully saturated rings. The number of carbonyl (C=O) groups excluding carboxylic acids is 3. The Bertz CT molecular complexity index is 341. The average molecular weight is 241 g/mol. The van der Waals surface area contributed by atoms with Crippen molar-refractivity contribution in [3.05, 3.63) is 0 Å². The molecule has 0 saturated carbocycles. The Hall–Kier alpha value is -1.43. The van der Waals surface area contributed by atoms with E-state index >= 15 is 0 Å². The molecule has 17 heavy (non-hydrogen) atoms. The highest BCUT2D eigenvalue weighted by Crippen LogP contribution is 2.11. The van der Waals surface area contributed by atoms with Crippen LogP contribution in [0.5, 0.6) is 0 Å². The minimum Gasteiger partial charge on any atom is -0.344 e. The molecule has 2 unspecified atom stereocenters. The average Bonchev–Trinajstić information content (AvgIpc) is 2.46. The van der Waals surface area contributed by atoms with Crippen LogP contribution in [0.4, 0.5) is 0 Å². The Morgan fingerprint density at radius 3 is 2.53 bits per heavy atom. The summed E-state index contributed by atoms with van der Waals surface area (Å²) in [5.41, 5.74) is 5.76. The summed E-state index contributed by atoms with van der Waals surface area (Å²) < 4.78 is 0. The SMILES string of the molecule is CC(C)C(N)CC(=O)NC1CC(=O)N(C)C1=O. The molecule has 1 saturated heterocycles. The number of rotatable bonds is 4. The number of imide groups is 1. The Balaban J connectivity index is 2.48. The third kappa shape index (κ3) is 3.26. The van der Waals surface area contributed by atoms with E-state index in [-0.39, 0.29) is 42.5 Å². The molecule has 0 aromatic rings. The molecular formula is C11H19N3O3. The third-order valence-corrected chi connectivity index (χ3v) is 2.99. The summed E-state index contributed by atoms with van der Waals surface area (Å²) in [7, 11) is 1.41. The number of amides is 3. The summed E-state index contributed by atoms with van der Waals surface area (Å²) in [6.45, 7) is 3.85. The monoisotopic (exact) mass is 241 g/mol.